The molecule has 2 amide bonds. The Morgan fingerprint density at radius 2 is 1.68 bits per heavy atom. The van der Waals surface area contributed by atoms with Gasteiger partial charge >= 0.3 is 12.1 Å². The minimum atomic E-state index is -3.21. The van der Waals surface area contributed by atoms with Crippen molar-refractivity contribution in [1.82, 2.24) is 10.2 Å². The number of halogens is 2. The van der Waals surface area contributed by atoms with Gasteiger partial charge in [-0.05, 0) is 34.6 Å². The summed E-state index contributed by atoms with van der Waals surface area (Å²) >= 11 is 0. The second kappa shape index (κ2) is 8.38. The third-order valence-corrected chi connectivity index (χ3v) is 6.93. The van der Waals surface area contributed by atoms with Crippen LogP contribution in [-0.2, 0) is 14.3 Å². The summed E-state index contributed by atoms with van der Waals surface area (Å²) in [5.74, 6) is -6.09. The summed E-state index contributed by atoms with van der Waals surface area (Å²) < 4.78 is 32.8. The number of aliphatic carboxylic acids is 1. The maximum Gasteiger partial charge on any atom is 0.407 e. The fraction of sp³-hybridized carbons (Fsp3) is 0.400. The molecule has 2 aliphatic carbocycles. The van der Waals surface area contributed by atoms with Crippen molar-refractivity contribution in [2.75, 3.05) is 19.7 Å². The molecular weight excluding hydrogens is 446 g/mol. The van der Waals surface area contributed by atoms with Gasteiger partial charge in [-0.3, -0.25) is 4.79 Å². The Kier molecular flexibility index (Phi) is 5.50. The van der Waals surface area contributed by atoms with E-state index in [1.807, 2.05) is 48.5 Å². The van der Waals surface area contributed by atoms with E-state index in [2.05, 4.69) is 5.32 Å². The first-order chi connectivity index (χ1) is 16.2. The molecule has 0 bridgehead atoms. The molecule has 34 heavy (non-hydrogen) atoms. The number of ether oxygens (including phenoxy) is 1. The number of nitrogens with one attached hydrogen (secondary N) is 1. The van der Waals surface area contributed by atoms with E-state index in [0.717, 1.165) is 27.2 Å². The summed E-state index contributed by atoms with van der Waals surface area (Å²) in [6.07, 6.45) is -1.07. The average molecular weight is 470 g/mol. The van der Waals surface area contributed by atoms with Crippen molar-refractivity contribution in [1.29, 1.82) is 0 Å². The minimum absolute atomic E-state index is 0.0711. The third kappa shape index (κ3) is 4.10. The second-order valence-electron chi connectivity index (χ2n) is 9.19. The Morgan fingerprint density at radius 3 is 2.29 bits per heavy atom. The number of carbonyl (C=O) groups excluding carboxylic acids is 2. The molecule has 1 heterocycles. The van der Waals surface area contributed by atoms with Crippen LogP contribution in [0.15, 0.2) is 48.5 Å². The molecule has 2 unspecified atom stereocenters. The third-order valence-electron chi connectivity index (χ3n) is 6.93. The fourth-order valence-electron chi connectivity index (χ4n) is 5.12. The van der Waals surface area contributed by atoms with E-state index in [1.165, 1.54) is 0 Å². The van der Waals surface area contributed by atoms with Crippen LogP contribution in [0.2, 0.25) is 0 Å². The Balaban J connectivity index is 1.13. The van der Waals surface area contributed by atoms with Crippen molar-refractivity contribution in [2.24, 2.45) is 11.8 Å². The molecule has 2 fully saturated rings. The van der Waals surface area contributed by atoms with Gasteiger partial charge in [-0.25, -0.2) is 18.4 Å². The molecule has 1 saturated carbocycles. The van der Waals surface area contributed by atoms with Crippen LogP contribution in [0.1, 0.15) is 29.9 Å². The fourth-order valence-corrected chi connectivity index (χ4v) is 5.12. The Hall–Kier alpha value is -3.49. The molecule has 0 radical (unpaired) electrons. The molecule has 2 aromatic carbocycles. The normalized spacial score (nSPS) is 24.3. The summed E-state index contributed by atoms with van der Waals surface area (Å²) in [5, 5.41) is 11.8. The Morgan fingerprint density at radius 1 is 1.06 bits per heavy atom. The molecule has 9 heteroatoms. The second-order valence-corrected chi connectivity index (χ2v) is 9.19. The predicted molar refractivity (Wildman–Crippen MR) is 117 cm³/mol. The molecule has 2 aromatic rings. The van der Waals surface area contributed by atoms with Gasteiger partial charge in [0.05, 0.1) is 6.54 Å². The number of alkyl halides is 2. The first kappa shape index (κ1) is 22.3. The number of hydrogen-bond donors (Lipinski definition) is 2. The monoisotopic (exact) mass is 470 g/mol. The highest BCUT2D eigenvalue weighted by atomic mass is 19.3. The van der Waals surface area contributed by atoms with Crippen LogP contribution in [0.5, 0.6) is 0 Å². The van der Waals surface area contributed by atoms with Crippen molar-refractivity contribution in [2.45, 2.75) is 30.7 Å². The number of carboxylic acids is 1. The van der Waals surface area contributed by atoms with Crippen molar-refractivity contribution >= 4 is 18.0 Å². The standard InChI is InChI=1S/C25H24F2N2O5/c26-25(27)10-21(23(31)32)29(13-25)22(30)19-9-14(19)11-28-24(33)34-12-20-17-7-3-1-5-15(17)16-6-2-4-8-18(16)20/h1-8,14,19-21H,9-13H2,(H,28,33)(H,31,32)/t14?,19?,21-/m1/s1. The zero-order valence-corrected chi connectivity index (χ0v) is 18.2. The lowest BCUT2D eigenvalue weighted by molar-refractivity contribution is -0.148. The Bertz CT molecular complexity index is 1110. The van der Waals surface area contributed by atoms with Gasteiger partial charge in [-0.1, -0.05) is 48.5 Å². The summed E-state index contributed by atoms with van der Waals surface area (Å²) in [7, 11) is 0. The van der Waals surface area contributed by atoms with Crippen molar-refractivity contribution < 1.29 is 33.0 Å². The molecule has 3 aliphatic rings. The molecule has 5 rings (SSSR count). The largest absolute Gasteiger partial charge is 0.480 e. The van der Waals surface area contributed by atoms with Crippen molar-refractivity contribution in [3.8, 4) is 11.1 Å². The van der Waals surface area contributed by atoms with Crippen LogP contribution in [0.3, 0.4) is 0 Å². The minimum Gasteiger partial charge on any atom is -0.480 e. The van der Waals surface area contributed by atoms with Gasteiger partial charge in [-0.15, -0.1) is 0 Å². The highest BCUT2D eigenvalue weighted by Gasteiger charge is 2.54. The Labute approximate surface area is 194 Å². The molecule has 7 nitrogen and oxygen atoms in total. The van der Waals surface area contributed by atoms with E-state index in [9.17, 15) is 28.3 Å². The van der Waals surface area contributed by atoms with Crippen molar-refractivity contribution in [3.63, 3.8) is 0 Å². The number of rotatable bonds is 6. The number of hydrogen-bond acceptors (Lipinski definition) is 4. The van der Waals surface area contributed by atoms with E-state index < -0.39 is 48.8 Å². The van der Waals surface area contributed by atoms with Gasteiger partial charge in [0.2, 0.25) is 5.91 Å². The topological polar surface area (TPSA) is 95.9 Å². The van der Waals surface area contributed by atoms with Gasteiger partial charge in [-0.2, -0.15) is 0 Å². The van der Waals surface area contributed by atoms with Crippen LogP contribution in [-0.4, -0.2) is 59.6 Å². The van der Waals surface area contributed by atoms with Crippen molar-refractivity contribution in [3.05, 3.63) is 59.7 Å². The number of alkyl carbamates (subject to hydrolysis) is 1. The quantitative estimate of drug-likeness (QED) is 0.674. The highest BCUT2D eigenvalue weighted by Crippen LogP contribution is 2.45. The van der Waals surface area contributed by atoms with E-state index in [0.29, 0.717) is 6.42 Å². The number of fused-ring (bicyclic) bond motifs is 3. The van der Waals surface area contributed by atoms with Crippen LogP contribution in [0.4, 0.5) is 13.6 Å². The van der Waals surface area contributed by atoms with E-state index in [1.54, 1.807) is 0 Å². The van der Waals surface area contributed by atoms with Gasteiger partial charge < -0.3 is 20.1 Å². The maximum atomic E-state index is 13.7. The van der Waals surface area contributed by atoms with E-state index in [4.69, 9.17) is 4.74 Å². The smallest absolute Gasteiger partial charge is 0.407 e. The molecule has 178 valence electrons. The van der Waals surface area contributed by atoms with E-state index >= 15 is 0 Å². The van der Waals surface area contributed by atoms with Gasteiger partial charge in [0, 0.05) is 24.8 Å². The first-order valence-corrected chi connectivity index (χ1v) is 11.2. The van der Waals surface area contributed by atoms with Crippen LogP contribution < -0.4 is 5.32 Å². The lowest BCUT2D eigenvalue weighted by Crippen LogP contribution is -2.42. The molecular formula is C25H24F2N2O5. The zero-order valence-electron chi connectivity index (χ0n) is 18.2. The molecule has 0 spiro atoms. The van der Waals surface area contributed by atoms with Gasteiger partial charge in [0.25, 0.3) is 5.92 Å². The number of amides is 2. The lowest BCUT2D eigenvalue weighted by atomic mass is 9.98. The predicted octanol–water partition coefficient (Wildman–Crippen LogP) is 3.48. The molecule has 3 atom stereocenters. The summed E-state index contributed by atoms with van der Waals surface area (Å²) in [6.45, 7) is -0.559. The first-order valence-electron chi connectivity index (χ1n) is 11.2. The number of carboxylic acid groups (broad SMARTS) is 1. The highest BCUT2D eigenvalue weighted by molar-refractivity contribution is 5.88. The van der Waals surface area contributed by atoms with E-state index in [-0.39, 0.29) is 25.0 Å². The molecule has 1 saturated heterocycles. The van der Waals surface area contributed by atoms with Crippen LogP contribution in [0.25, 0.3) is 11.1 Å². The molecule has 1 aliphatic heterocycles. The lowest BCUT2D eigenvalue weighted by Gasteiger charge is -2.21. The summed E-state index contributed by atoms with van der Waals surface area (Å²) in [6, 6.07) is 14.5. The average Bonchev–Trinajstić information content (AvgIpc) is 3.42. The molecule has 0 aromatic heterocycles. The number of benzene rings is 2. The van der Waals surface area contributed by atoms with Crippen LogP contribution >= 0.6 is 0 Å². The van der Waals surface area contributed by atoms with Gasteiger partial charge in [0.1, 0.15) is 12.6 Å². The molecule has 2 N–H and O–H groups in total. The number of nitrogens with zero attached hydrogens (tertiary/aromatic N) is 1. The number of carbonyl (C=O) groups is 3. The maximum absolute atomic E-state index is 13.7. The van der Waals surface area contributed by atoms with Crippen LogP contribution in [0, 0.1) is 11.8 Å². The summed E-state index contributed by atoms with van der Waals surface area (Å²) in [4.78, 5) is 36.9. The SMILES string of the molecule is O=C(NCC1CC1C(=O)N1CC(F)(F)C[C@@H]1C(=O)O)OCC1c2ccccc2-c2ccccc21. The zero-order chi connectivity index (χ0) is 24.0. The number of likely N-dealkylation sites (tertiary alicyclic amines) is 1. The summed E-state index contributed by atoms with van der Waals surface area (Å²) in [5.41, 5.74) is 4.44. The van der Waals surface area contributed by atoms with Gasteiger partial charge in [0.15, 0.2) is 0 Å².